The van der Waals surface area contributed by atoms with E-state index in [2.05, 4.69) is 53.6 Å². The van der Waals surface area contributed by atoms with E-state index in [0.717, 1.165) is 32.4 Å². The van der Waals surface area contributed by atoms with E-state index >= 15 is 0 Å². The number of nitrogens with zero attached hydrogens (tertiary/aromatic N) is 1. The van der Waals surface area contributed by atoms with Crippen molar-refractivity contribution in [3.63, 3.8) is 0 Å². The molecule has 0 aromatic heterocycles. The molecular formula is C18H24N2O. The number of carbonyl (C=O) groups excluding carboxylic acids is 1. The molecular weight excluding hydrogens is 260 g/mol. The number of benzene rings is 1. The van der Waals surface area contributed by atoms with Gasteiger partial charge in [-0.05, 0) is 43.7 Å². The summed E-state index contributed by atoms with van der Waals surface area (Å²) < 4.78 is 0. The number of fused-ring (bicyclic) bond motifs is 1. The zero-order valence-corrected chi connectivity index (χ0v) is 12.7. The van der Waals surface area contributed by atoms with Crippen LogP contribution in [0.2, 0.25) is 0 Å². The predicted octanol–water partition coefficient (Wildman–Crippen LogP) is 2.91. The molecule has 21 heavy (non-hydrogen) atoms. The Labute approximate surface area is 127 Å². The standard InChI is InChI=1S/C18H24N2O/c1-14(13-19-18(21)12-15-6-2-3-7-15)20-11-10-16-8-4-5-9-17(16)20/h2,4-6,8-9,14-15H,3,7,10-13H2,1H3,(H,19,21)/t14-,15+/m0/s1. The summed E-state index contributed by atoms with van der Waals surface area (Å²) in [6, 6.07) is 8.92. The first-order valence-electron chi connectivity index (χ1n) is 8.02. The third-order valence-corrected chi connectivity index (χ3v) is 4.61. The lowest BCUT2D eigenvalue weighted by molar-refractivity contribution is -0.121. The van der Waals surface area contributed by atoms with Crippen LogP contribution in [0.4, 0.5) is 5.69 Å². The highest BCUT2D eigenvalue weighted by Crippen LogP contribution is 2.29. The molecule has 0 spiro atoms. The Morgan fingerprint density at radius 2 is 2.29 bits per heavy atom. The summed E-state index contributed by atoms with van der Waals surface area (Å²) in [5.74, 6) is 0.638. The molecule has 3 rings (SSSR count). The summed E-state index contributed by atoms with van der Waals surface area (Å²) in [4.78, 5) is 14.4. The van der Waals surface area contributed by atoms with Crippen molar-refractivity contribution < 1.29 is 4.79 Å². The molecule has 1 heterocycles. The first-order valence-corrected chi connectivity index (χ1v) is 8.02. The van der Waals surface area contributed by atoms with Crippen LogP contribution in [0.25, 0.3) is 0 Å². The van der Waals surface area contributed by atoms with E-state index < -0.39 is 0 Å². The third kappa shape index (κ3) is 3.29. The Morgan fingerprint density at radius 1 is 1.43 bits per heavy atom. The van der Waals surface area contributed by atoms with Gasteiger partial charge in [-0.15, -0.1) is 0 Å². The van der Waals surface area contributed by atoms with Gasteiger partial charge in [-0.1, -0.05) is 30.4 Å². The lowest BCUT2D eigenvalue weighted by atomic mass is 10.1. The molecule has 1 N–H and O–H groups in total. The van der Waals surface area contributed by atoms with Gasteiger partial charge in [0.15, 0.2) is 0 Å². The van der Waals surface area contributed by atoms with Gasteiger partial charge >= 0.3 is 0 Å². The van der Waals surface area contributed by atoms with Crippen LogP contribution in [-0.2, 0) is 11.2 Å². The minimum absolute atomic E-state index is 0.186. The first kappa shape index (κ1) is 14.2. The second-order valence-corrected chi connectivity index (χ2v) is 6.19. The number of nitrogens with one attached hydrogen (secondary N) is 1. The number of amides is 1. The largest absolute Gasteiger partial charge is 0.366 e. The molecule has 112 valence electrons. The van der Waals surface area contributed by atoms with E-state index in [9.17, 15) is 4.79 Å². The fraction of sp³-hybridized carbons (Fsp3) is 0.500. The lowest BCUT2D eigenvalue weighted by Gasteiger charge is -2.27. The van der Waals surface area contributed by atoms with Crippen molar-refractivity contribution in [2.75, 3.05) is 18.0 Å². The summed E-state index contributed by atoms with van der Waals surface area (Å²) in [5, 5.41) is 3.10. The molecule has 0 fully saturated rings. The molecule has 1 aromatic rings. The first-order chi connectivity index (χ1) is 10.2. The van der Waals surface area contributed by atoms with E-state index in [1.807, 2.05) is 0 Å². The molecule has 0 saturated heterocycles. The molecule has 0 radical (unpaired) electrons. The molecule has 1 aliphatic carbocycles. The summed E-state index contributed by atoms with van der Waals surface area (Å²) in [5.41, 5.74) is 2.75. The minimum atomic E-state index is 0.186. The number of allylic oxidation sites excluding steroid dienone is 2. The maximum absolute atomic E-state index is 12.0. The Bertz CT molecular complexity index is 538. The van der Waals surface area contributed by atoms with Crippen molar-refractivity contribution in [3.05, 3.63) is 42.0 Å². The zero-order valence-electron chi connectivity index (χ0n) is 12.7. The van der Waals surface area contributed by atoms with Crippen molar-refractivity contribution >= 4 is 11.6 Å². The number of hydrogen-bond acceptors (Lipinski definition) is 2. The molecule has 1 amide bonds. The summed E-state index contributed by atoms with van der Waals surface area (Å²) in [7, 11) is 0. The van der Waals surface area contributed by atoms with Gasteiger partial charge in [0.1, 0.15) is 0 Å². The Morgan fingerprint density at radius 3 is 3.10 bits per heavy atom. The summed E-state index contributed by atoms with van der Waals surface area (Å²) >= 11 is 0. The van der Waals surface area contributed by atoms with Gasteiger partial charge in [0.2, 0.25) is 5.91 Å². The lowest BCUT2D eigenvalue weighted by Crippen LogP contribution is -2.41. The van der Waals surface area contributed by atoms with E-state index in [4.69, 9.17) is 0 Å². The maximum atomic E-state index is 12.0. The van der Waals surface area contributed by atoms with Gasteiger partial charge in [-0.3, -0.25) is 4.79 Å². The van der Waals surface area contributed by atoms with Crippen LogP contribution in [0.5, 0.6) is 0 Å². The number of rotatable bonds is 5. The van der Waals surface area contributed by atoms with Gasteiger partial charge in [0, 0.05) is 31.2 Å². The smallest absolute Gasteiger partial charge is 0.220 e. The van der Waals surface area contributed by atoms with E-state index in [1.54, 1.807) is 0 Å². The second kappa shape index (κ2) is 6.33. The average molecular weight is 284 g/mol. The minimum Gasteiger partial charge on any atom is -0.366 e. The molecule has 2 atom stereocenters. The zero-order chi connectivity index (χ0) is 14.7. The van der Waals surface area contributed by atoms with Crippen LogP contribution < -0.4 is 10.2 Å². The van der Waals surface area contributed by atoms with Crippen molar-refractivity contribution in [2.45, 2.75) is 38.6 Å². The van der Waals surface area contributed by atoms with Crippen LogP contribution in [0.15, 0.2) is 36.4 Å². The predicted molar refractivity (Wildman–Crippen MR) is 86.4 cm³/mol. The Kier molecular flexibility index (Phi) is 4.28. The van der Waals surface area contributed by atoms with Gasteiger partial charge in [-0.2, -0.15) is 0 Å². The second-order valence-electron chi connectivity index (χ2n) is 6.19. The molecule has 0 unspecified atom stereocenters. The molecule has 3 heteroatoms. The van der Waals surface area contributed by atoms with E-state index in [-0.39, 0.29) is 5.91 Å². The van der Waals surface area contributed by atoms with E-state index in [1.165, 1.54) is 11.3 Å². The molecule has 0 bridgehead atoms. The van der Waals surface area contributed by atoms with Crippen molar-refractivity contribution in [1.82, 2.24) is 5.32 Å². The normalized spacial score (nSPS) is 21.4. The number of para-hydroxylation sites is 1. The summed E-state index contributed by atoms with van der Waals surface area (Å²) in [6.45, 7) is 3.98. The molecule has 0 saturated carbocycles. The molecule has 3 nitrogen and oxygen atoms in total. The van der Waals surface area contributed by atoms with Crippen molar-refractivity contribution in [2.24, 2.45) is 5.92 Å². The molecule has 1 aromatic carbocycles. The molecule has 2 aliphatic rings. The van der Waals surface area contributed by atoms with Gasteiger partial charge in [-0.25, -0.2) is 0 Å². The summed E-state index contributed by atoms with van der Waals surface area (Å²) in [6.07, 6.45) is 8.37. The topological polar surface area (TPSA) is 32.3 Å². The van der Waals surface area contributed by atoms with Gasteiger partial charge in [0.25, 0.3) is 0 Å². The van der Waals surface area contributed by atoms with Crippen LogP contribution >= 0.6 is 0 Å². The van der Waals surface area contributed by atoms with Gasteiger partial charge < -0.3 is 10.2 Å². The highest BCUT2D eigenvalue weighted by Gasteiger charge is 2.23. The number of hydrogen-bond donors (Lipinski definition) is 1. The Hall–Kier alpha value is -1.77. The maximum Gasteiger partial charge on any atom is 0.220 e. The fourth-order valence-corrected chi connectivity index (χ4v) is 3.37. The quantitative estimate of drug-likeness (QED) is 0.843. The van der Waals surface area contributed by atoms with Crippen LogP contribution in [0.1, 0.15) is 31.7 Å². The number of anilines is 1. The fourth-order valence-electron chi connectivity index (χ4n) is 3.37. The Balaban J connectivity index is 1.49. The van der Waals surface area contributed by atoms with E-state index in [0.29, 0.717) is 18.4 Å². The average Bonchev–Trinajstić information content (AvgIpc) is 3.13. The van der Waals surface area contributed by atoms with Crippen molar-refractivity contribution in [3.8, 4) is 0 Å². The monoisotopic (exact) mass is 284 g/mol. The van der Waals surface area contributed by atoms with Gasteiger partial charge in [0.05, 0.1) is 0 Å². The third-order valence-electron chi connectivity index (χ3n) is 4.61. The number of carbonyl (C=O) groups is 1. The highest BCUT2D eigenvalue weighted by atomic mass is 16.1. The van der Waals surface area contributed by atoms with Crippen LogP contribution in [-0.4, -0.2) is 25.0 Å². The SMILES string of the molecule is C[C@@H](CNC(=O)C[C@@H]1C=CCC1)N1CCc2ccccc21. The molecule has 1 aliphatic heterocycles. The van der Waals surface area contributed by atoms with Crippen LogP contribution in [0, 0.1) is 5.92 Å². The van der Waals surface area contributed by atoms with Crippen LogP contribution in [0.3, 0.4) is 0 Å². The highest BCUT2D eigenvalue weighted by molar-refractivity contribution is 5.76. The van der Waals surface area contributed by atoms with Crippen molar-refractivity contribution in [1.29, 1.82) is 0 Å².